The first-order valence-corrected chi connectivity index (χ1v) is 13.8. The summed E-state index contributed by atoms with van der Waals surface area (Å²) in [7, 11) is 4.76. The zero-order valence-electron chi connectivity index (χ0n) is 24.2. The third-order valence-corrected chi connectivity index (χ3v) is 7.92. The van der Waals surface area contributed by atoms with Gasteiger partial charge in [0.15, 0.2) is 11.5 Å². The molecule has 0 N–H and O–H groups in total. The van der Waals surface area contributed by atoms with Gasteiger partial charge in [-0.15, -0.1) is 0 Å². The second-order valence-electron chi connectivity index (χ2n) is 10.2. The van der Waals surface area contributed by atoms with Crippen LogP contribution in [0.25, 0.3) is 0 Å². The average molecular weight is 564 g/mol. The van der Waals surface area contributed by atoms with Gasteiger partial charge in [-0.3, -0.25) is 14.5 Å². The number of fused-ring (bicyclic) bond motifs is 1. The smallest absolute Gasteiger partial charge is 0.272 e. The van der Waals surface area contributed by atoms with Crippen LogP contribution in [0.3, 0.4) is 0 Å². The van der Waals surface area contributed by atoms with Gasteiger partial charge in [-0.05, 0) is 78.8 Å². The van der Waals surface area contributed by atoms with Crippen LogP contribution in [0.15, 0.2) is 95.4 Å². The number of rotatable bonds is 7. The van der Waals surface area contributed by atoms with E-state index in [0.717, 1.165) is 35.1 Å². The number of aryl methyl sites for hydroxylation is 1. The Labute approximate surface area is 246 Å². The quantitative estimate of drug-likeness (QED) is 0.315. The summed E-state index contributed by atoms with van der Waals surface area (Å²) in [5.74, 6) is 0.841. The fraction of sp³-hybridized carbons (Fsp3) is 0.265. The maximum absolute atomic E-state index is 13.8. The molecule has 3 aliphatic rings. The van der Waals surface area contributed by atoms with E-state index in [2.05, 4.69) is 6.07 Å². The molecule has 2 heterocycles. The van der Waals surface area contributed by atoms with Crippen LogP contribution < -0.4 is 14.2 Å². The third-order valence-electron chi connectivity index (χ3n) is 7.92. The number of benzene rings is 2. The molecule has 0 spiro atoms. The lowest BCUT2D eigenvalue weighted by Gasteiger charge is -2.37. The number of imide groups is 1. The van der Waals surface area contributed by atoms with Gasteiger partial charge in [-0.2, -0.15) is 5.26 Å². The molecule has 42 heavy (non-hydrogen) atoms. The van der Waals surface area contributed by atoms with Crippen molar-refractivity contribution in [2.45, 2.75) is 38.8 Å². The van der Waals surface area contributed by atoms with Gasteiger partial charge in [-0.1, -0.05) is 30.3 Å². The molecule has 1 unspecified atom stereocenters. The van der Waals surface area contributed by atoms with Gasteiger partial charge in [0.05, 0.1) is 33.9 Å². The van der Waals surface area contributed by atoms with Crippen LogP contribution in [0, 0.1) is 11.3 Å². The summed E-state index contributed by atoms with van der Waals surface area (Å²) < 4.78 is 16.5. The molecule has 1 aliphatic carbocycles. The molecule has 0 aromatic heterocycles. The lowest BCUT2D eigenvalue weighted by molar-refractivity contribution is -0.143. The van der Waals surface area contributed by atoms with Crippen LogP contribution in [0.5, 0.6) is 17.2 Å². The van der Waals surface area contributed by atoms with Crippen LogP contribution in [0.2, 0.25) is 0 Å². The van der Waals surface area contributed by atoms with E-state index < -0.39 is 5.91 Å². The minimum atomic E-state index is -0.523. The van der Waals surface area contributed by atoms with Crippen molar-refractivity contribution in [1.82, 2.24) is 9.80 Å². The predicted octanol–water partition coefficient (Wildman–Crippen LogP) is 5.69. The molecule has 1 atom stereocenters. The molecule has 0 saturated carbocycles. The predicted molar refractivity (Wildman–Crippen MR) is 158 cm³/mol. The number of carbonyl (C=O) groups excluding carboxylic acids is 2. The van der Waals surface area contributed by atoms with Crippen molar-refractivity contribution < 1.29 is 23.8 Å². The summed E-state index contributed by atoms with van der Waals surface area (Å²) in [6, 6.07) is 13.4. The number of hydrogen-bond donors (Lipinski definition) is 0. The van der Waals surface area contributed by atoms with E-state index in [0.29, 0.717) is 41.4 Å². The molecule has 0 saturated heterocycles. The Morgan fingerprint density at radius 3 is 2.38 bits per heavy atom. The first-order chi connectivity index (χ1) is 20.4. The van der Waals surface area contributed by atoms with Gasteiger partial charge in [0.1, 0.15) is 11.6 Å². The summed E-state index contributed by atoms with van der Waals surface area (Å²) in [6.07, 6.45) is 13.7. The van der Waals surface area contributed by atoms with E-state index in [4.69, 9.17) is 14.2 Å². The van der Waals surface area contributed by atoms with Crippen LogP contribution in [-0.4, -0.2) is 42.9 Å². The minimum absolute atomic E-state index is 0.00655. The highest BCUT2D eigenvalue weighted by molar-refractivity contribution is 6.18. The number of nitriles is 1. The molecule has 8 nitrogen and oxygen atoms in total. The van der Waals surface area contributed by atoms with Gasteiger partial charge >= 0.3 is 0 Å². The summed E-state index contributed by atoms with van der Waals surface area (Å²) in [5.41, 5.74) is 4.65. The molecule has 8 heteroatoms. The summed E-state index contributed by atoms with van der Waals surface area (Å²) in [4.78, 5) is 30.5. The van der Waals surface area contributed by atoms with Crippen molar-refractivity contribution in [3.05, 3.63) is 112 Å². The number of ether oxygens (including phenoxy) is 3. The summed E-state index contributed by atoms with van der Waals surface area (Å²) in [6.45, 7) is 2.20. The lowest BCUT2D eigenvalue weighted by Crippen LogP contribution is -2.45. The Balaban J connectivity index is 1.39. The van der Waals surface area contributed by atoms with E-state index in [9.17, 15) is 14.9 Å². The van der Waals surface area contributed by atoms with E-state index >= 15 is 0 Å². The van der Waals surface area contributed by atoms with Crippen LogP contribution >= 0.6 is 0 Å². The highest BCUT2D eigenvalue weighted by Crippen LogP contribution is 2.41. The van der Waals surface area contributed by atoms with Crippen molar-refractivity contribution in [2.24, 2.45) is 0 Å². The Kier molecular flexibility index (Phi) is 8.30. The van der Waals surface area contributed by atoms with Gasteiger partial charge < -0.3 is 19.1 Å². The van der Waals surface area contributed by atoms with Gasteiger partial charge in [0.25, 0.3) is 11.8 Å². The normalized spacial score (nSPS) is 19.2. The monoisotopic (exact) mass is 563 g/mol. The van der Waals surface area contributed by atoms with Gasteiger partial charge in [-0.25, -0.2) is 0 Å². The van der Waals surface area contributed by atoms with Crippen LogP contribution in [-0.2, 0) is 22.6 Å². The maximum Gasteiger partial charge on any atom is 0.272 e. The zero-order valence-corrected chi connectivity index (χ0v) is 24.2. The second kappa shape index (κ2) is 12.2. The average Bonchev–Trinajstić information content (AvgIpc) is 3.01. The number of carbonyl (C=O) groups is 2. The molecule has 2 amide bonds. The van der Waals surface area contributed by atoms with Gasteiger partial charge in [0.2, 0.25) is 5.75 Å². The molecular weight excluding hydrogens is 530 g/mol. The first kappa shape index (κ1) is 28.5. The Hall–Kier alpha value is -5.03. The molecule has 2 aromatic carbocycles. The largest absolute Gasteiger partial charge is 0.493 e. The van der Waals surface area contributed by atoms with Crippen LogP contribution in [0.1, 0.15) is 42.5 Å². The SMILES string of the molecule is COc1ccc(CN2C=CC(=C/C=C3\C(=O)N(C4CCCc5ccccc54)C(=O)C(C#N)=C3C)C=C2)c(OC)c1OC. The zero-order chi connectivity index (χ0) is 29.8. The van der Waals surface area contributed by atoms with E-state index in [1.54, 1.807) is 34.3 Å². The van der Waals surface area contributed by atoms with E-state index in [1.807, 2.05) is 71.9 Å². The van der Waals surface area contributed by atoms with Crippen molar-refractivity contribution in [3.63, 3.8) is 0 Å². The fourth-order valence-corrected chi connectivity index (χ4v) is 5.75. The standard InChI is InChI=1S/C34H33N3O5/c1-22-26(33(38)37(34(39)28(22)20-35)29-11-7-9-24-8-5-6-10-27(24)29)14-12-23-16-18-36(19-17-23)21-25-13-15-30(40-2)32(42-4)31(25)41-3/h5-6,8,10,12-19,29H,7,9,11,21H2,1-4H3/b26-14-. The fourth-order valence-electron chi connectivity index (χ4n) is 5.75. The lowest BCUT2D eigenvalue weighted by atomic mass is 9.84. The van der Waals surface area contributed by atoms with Crippen molar-refractivity contribution in [1.29, 1.82) is 5.26 Å². The number of nitrogens with zero attached hydrogens (tertiary/aromatic N) is 3. The molecular formula is C34H33N3O5. The molecule has 0 radical (unpaired) electrons. The maximum atomic E-state index is 13.8. The summed E-state index contributed by atoms with van der Waals surface area (Å²) in [5, 5.41) is 9.85. The van der Waals surface area contributed by atoms with Crippen molar-refractivity contribution in [2.75, 3.05) is 21.3 Å². The Morgan fingerprint density at radius 1 is 0.952 bits per heavy atom. The third kappa shape index (κ3) is 5.21. The Bertz CT molecular complexity index is 1610. The Morgan fingerprint density at radius 2 is 1.69 bits per heavy atom. The highest BCUT2D eigenvalue weighted by Gasteiger charge is 2.41. The topological polar surface area (TPSA) is 92.1 Å². The van der Waals surface area contributed by atoms with E-state index in [-0.39, 0.29) is 17.5 Å². The molecule has 5 rings (SSSR count). The number of hydrogen-bond acceptors (Lipinski definition) is 7. The van der Waals surface area contributed by atoms with Crippen molar-refractivity contribution >= 4 is 11.8 Å². The minimum Gasteiger partial charge on any atom is -0.493 e. The molecule has 0 fully saturated rings. The number of amides is 2. The molecule has 214 valence electrons. The number of methoxy groups -OCH3 is 3. The summed E-state index contributed by atoms with van der Waals surface area (Å²) >= 11 is 0. The first-order valence-electron chi connectivity index (χ1n) is 13.8. The molecule has 2 aromatic rings. The number of allylic oxidation sites excluding steroid dienone is 5. The second-order valence-corrected chi connectivity index (χ2v) is 10.2. The van der Waals surface area contributed by atoms with Crippen LogP contribution in [0.4, 0.5) is 0 Å². The van der Waals surface area contributed by atoms with E-state index in [1.165, 1.54) is 4.90 Å². The molecule has 2 aliphatic heterocycles. The highest BCUT2D eigenvalue weighted by atomic mass is 16.5. The molecule has 0 bridgehead atoms. The van der Waals surface area contributed by atoms with Crippen molar-refractivity contribution in [3.8, 4) is 23.3 Å². The van der Waals surface area contributed by atoms with Gasteiger partial charge in [0, 0.05) is 23.5 Å².